The number of rotatable bonds is 1. The Morgan fingerprint density at radius 3 is 2.36 bits per heavy atom. The van der Waals surface area contributed by atoms with Crippen molar-refractivity contribution >= 4 is 21.1 Å². The molecule has 2 heteroatoms. The van der Waals surface area contributed by atoms with Crippen molar-refractivity contribution < 1.29 is 0 Å². The average molecular weight is 162 g/mol. The first kappa shape index (κ1) is 8.33. The molecular weight excluding hydrogens is 150 g/mol. The van der Waals surface area contributed by atoms with Crippen LogP contribution < -0.4 is 10.1 Å². The quantitative estimate of drug-likeness (QED) is 0.554. The lowest BCUT2D eigenvalue weighted by atomic mass is 10.2. The Kier molecular flexibility index (Phi) is 2.34. The molecule has 0 saturated heterocycles. The molecule has 0 saturated carbocycles. The minimum absolute atomic E-state index is 1.16. The van der Waals surface area contributed by atoms with Gasteiger partial charge in [0.05, 0.1) is 10.2 Å². The summed E-state index contributed by atoms with van der Waals surface area (Å²) in [6.07, 6.45) is 0. The van der Waals surface area contributed by atoms with Gasteiger partial charge in [-0.05, 0) is 19.1 Å². The van der Waals surface area contributed by atoms with E-state index in [1.165, 1.54) is 11.3 Å². The zero-order valence-electron chi connectivity index (χ0n) is 7.18. The molecule has 0 amide bonds. The number of benzene rings is 1. The maximum absolute atomic E-state index is 3.51. The van der Waals surface area contributed by atoms with E-state index in [1.807, 2.05) is 14.1 Å². The maximum atomic E-state index is 3.51. The second-order valence-electron chi connectivity index (χ2n) is 2.89. The van der Waals surface area contributed by atoms with Gasteiger partial charge in [-0.15, -0.1) is 0 Å². The van der Waals surface area contributed by atoms with Gasteiger partial charge in [0.15, 0.2) is 0 Å². The zero-order valence-corrected chi connectivity index (χ0v) is 8.18. The van der Waals surface area contributed by atoms with Crippen molar-refractivity contribution in [2.24, 2.45) is 0 Å². The van der Waals surface area contributed by atoms with Gasteiger partial charge in [-0.2, -0.15) is 0 Å². The second kappa shape index (κ2) is 3.09. The highest BCUT2D eigenvalue weighted by molar-refractivity contribution is 6.33. The molecule has 0 aromatic heterocycles. The number of anilines is 1. The molecule has 0 atom stereocenters. The molecule has 3 radical (unpaired) electrons. The lowest BCUT2D eigenvalue weighted by Crippen LogP contribution is -2.12. The molecule has 0 fully saturated rings. The summed E-state index contributed by atoms with van der Waals surface area (Å²) in [4.78, 5) is 2.10. The van der Waals surface area contributed by atoms with E-state index in [-0.39, 0.29) is 0 Å². The van der Waals surface area contributed by atoms with Gasteiger partial charge in [0.25, 0.3) is 0 Å². The third-order valence-electron chi connectivity index (χ3n) is 1.73. The Bertz CT molecular complexity index is 256. The molecule has 1 nitrogen and oxygen atoms in total. The van der Waals surface area contributed by atoms with Crippen LogP contribution in [0.15, 0.2) is 18.2 Å². The maximum Gasteiger partial charge on any atom is 0.0715 e. The van der Waals surface area contributed by atoms with E-state index < -0.39 is 0 Å². The van der Waals surface area contributed by atoms with Gasteiger partial charge >= 0.3 is 0 Å². The number of aryl methyl sites for hydroxylation is 1. The zero-order chi connectivity index (χ0) is 8.43. The lowest BCUT2D eigenvalue weighted by molar-refractivity contribution is 1.13. The lowest BCUT2D eigenvalue weighted by Gasteiger charge is -2.13. The van der Waals surface area contributed by atoms with Crippen molar-refractivity contribution in [3.8, 4) is 0 Å². The van der Waals surface area contributed by atoms with Crippen LogP contribution in [0.4, 0.5) is 5.69 Å². The second-order valence-corrected chi connectivity index (χ2v) is 3.43. The van der Waals surface area contributed by atoms with Crippen LogP contribution in [-0.4, -0.2) is 24.3 Å². The Morgan fingerprint density at radius 1 is 1.27 bits per heavy atom. The number of hydrogen-bond acceptors (Lipinski definition) is 1. The van der Waals surface area contributed by atoms with Crippen molar-refractivity contribution in [1.29, 1.82) is 0 Å². The largest absolute Gasteiger partial charge is 0.378 e. The number of hydrogen-bond donors (Lipinski definition) is 0. The van der Waals surface area contributed by atoms with Crippen LogP contribution in [0.25, 0.3) is 0 Å². The van der Waals surface area contributed by atoms with Crippen LogP contribution in [-0.2, 0) is 0 Å². The van der Waals surface area contributed by atoms with Crippen LogP contribution in [0.3, 0.4) is 0 Å². The van der Waals surface area contributed by atoms with Crippen molar-refractivity contribution in [2.75, 3.05) is 19.0 Å². The molecule has 11 heavy (non-hydrogen) atoms. The van der Waals surface area contributed by atoms with Gasteiger partial charge in [0.1, 0.15) is 0 Å². The first-order valence-corrected chi connectivity index (χ1v) is 4.11. The minimum atomic E-state index is 1.16. The molecule has 1 rings (SSSR count). The first-order valence-electron chi connectivity index (χ1n) is 3.61. The van der Waals surface area contributed by atoms with Crippen molar-refractivity contribution in [1.82, 2.24) is 0 Å². The van der Waals surface area contributed by atoms with E-state index >= 15 is 0 Å². The highest BCUT2D eigenvalue weighted by Gasteiger charge is 1.96. The summed E-state index contributed by atoms with van der Waals surface area (Å²) in [5.74, 6) is 0. The van der Waals surface area contributed by atoms with E-state index in [4.69, 9.17) is 0 Å². The standard InChI is InChI=1S/C9H12NSi/c1-7-6-8(10(2)3)4-5-9(7)11/h4-6H,1-3H3. The molecule has 1 aromatic rings. The topological polar surface area (TPSA) is 3.24 Å². The molecule has 0 heterocycles. The Labute approximate surface area is 71.5 Å². The Morgan fingerprint density at radius 2 is 1.91 bits per heavy atom. The molecule has 0 spiro atoms. The molecule has 0 unspecified atom stereocenters. The van der Waals surface area contributed by atoms with E-state index in [0.717, 1.165) is 5.19 Å². The summed E-state index contributed by atoms with van der Waals surface area (Å²) >= 11 is 0. The van der Waals surface area contributed by atoms with Gasteiger partial charge in [-0.25, -0.2) is 0 Å². The molecular formula is C9H12NSi. The third kappa shape index (κ3) is 1.83. The van der Waals surface area contributed by atoms with Crippen molar-refractivity contribution in [2.45, 2.75) is 6.92 Å². The van der Waals surface area contributed by atoms with E-state index in [9.17, 15) is 0 Å². The normalized spacial score (nSPS) is 9.82. The highest BCUT2D eigenvalue weighted by atomic mass is 28.1. The molecule has 0 aliphatic rings. The minimum Gasteiger partial charge on any atom is -0.378 e. The van der Waals surface area contributed by atoms with Crippen LogP contribution in [0, 0.1) is 6.92 Å². The summed E-state index contributed by atoms with van der Waals surface area (Å²) < 4.78 is 0. The fourth-order valence-electron chi connectivity index (χ4n) is 0.926. The predicted octanol–water partition coefficient (Wildman–Crippen LogP) is 0.855. The highest BCUT2D eigenvalue weighted by Crippen LogP contribution is 2.10. The first-order chi connectivity index (χ1) is 5.11. The molecule has 0 aliphatic carbocycles. The average Bonchev–Trinajstić information content (AvgIpc) is 1.94. The summed E-state index contributed by atoms with van der Waals surface area (Å²) in [7, 11) is 7.60. The van der Waals surface area contributed by atoms with E-state index in [1.54, 1.807) is 0 Å². The summed E-state index contributed by atoms with van der Waals surface area (Å²) in [6, 6.07) is 6.32. The van der Waals surface area contributed by atoms with Gasteiger partial charge in [0, 0.05) is 19.8 Å². The summed E-state index contributed by atoms with van der Waals surface area (Å²) in [5, 5.41) is 1.16. The van der Waals surface area contributed by atoms with Crippen molar-refractivity contribution in [3.05, 3.63) is 23.8 Å². The van der Waals surface area contributed by atoms with Crippen LogP contribution in [0.1, 0.15) is 5.56 Å². The van der Waals surface area contributed by atoms with E-state index in [0.29, 0.717) is 0 Å². The molecule has 1 aromatic carbocycles. The summed E-state index contributed by atoms with van der Waals surface area (Å²) in [5.41, 5.74) is 2.51. The smallest absolute Gasteiger partial charge is 0.0715 e. The SMILES string of the molecule is Cc1cc(N(C)C)ccc1[Si]. The van der Waals surface area contributed by atoms with E-state index in [2.05, 4.69) is 40.3 Å². The molecule has 0 bridgehead atoms. The fraction of sp³-hybridized carbons (Fsp3) is 0.333. The van der Waals surface area contributed by atoms with Crippen LogP contribution in [0.5, 0.6) is 0 Å². The van der Waals surface area contributed by atoms with Gasteiger partial charge in [0.2, 0.25) is 0 Å². The predicted molar refractivity (Wildman–Crippen MR) is 50.9 cm³/mol. The number of nitrogens with zero attached hydrogens (tertiary/aromatic N) is 1. The molecule has 0 N–H and O–H groups in total. The summed E-state index contributed by atoms with van der Waals surface area (Å²) in [6.45, 7) is 2.09. The van der Waals surface area contributed by atoms with Crippen molar-refractivity contribution in [3.63, 3.8) is 0 Å². The Balaban J connectivity index is 3.05. The molecule has 0 aliphatic heterocycles. The van der Waals surface area contributed by atoms with Gasteiger partial charge < -0.3 is 4.90 Å². The molecule has 57 valence electrons. The van der Waals surface area contributed by atoms with Crippen LogP contribution >= 0.6 is 0 Å². The van der Waals surface area contributed by atoms with Crippen LogP contribution in [0.2, 0.25) is 0 Å². The fourth-order valence-corrected chi connectivity index (χ4v) is 1.08. The Hall–Kier alpha value is -0.763. The van der Waals surface area contributed by atoms with Gasteiger partial charge in [-0.3, -0.25) is 0 Å². The van der Waals surface area contributed by atoms with Gasteiger partial charge in [-0.1, -0.05) is 16.8 Å². The third-order valence-corrected chi connectivity index (χ3v) is 2.29. The monoisotopic (exact) mass is 162 g/mol.